The maximum atomic E-state index is 13.5. The lowest BCUT2D eigenvalue weighted by Gasteiger charge is -2.13. The third-order valence-corrected chi connectivity index (χ3v) is 5.66. The van der Waals surface area contributed by atoms with Gasteiger partial charge in [0, 0.05) is 17.7 Å². The molecule has 148 valence electrons. The molecule has 0 bridgehead atoms. The average Bonchev–Trinajstić information content (AvgIpc) is 3.44. The summed E-state index contributed by atoms with van der Waals surface area (Å²) in [6.45, 7) is 2.90. The summed E-state index contributed by atoms with van der Waals surface area (Å²) in [7, 11) is 0. The number of halogens is 1. The van der Waals surface area contributed by atoms with Crippen LogP contribution in [0.5, 0.6) is 0 Å². The van der Waals surface area contributed by atoms with Gasteiger partial charge in [-0.1, -0.05) is 12.1 Å². The molecule has 0 amide bonds. The van der Waals surface area contributed by atoms with Crippen molar-refractivity contribution in [1.82, 2.24) is 20.1 Å². The zero-order chi connectivity index (χ0) is 20.5. The van der Waals surface area contributed by atoms with Gasteiger partial charge in [-0.05, 0) is 73.5 Å². The summed E-state index contributed by atoms with van der Waals surface area (Å²) in [5.41, 5.74) is 5.90. The Morgan fingerprint density at radius 2 is 1.87 bits per heavy atom. The highest BCUT2D eigenvalue weighted by Crippen LogP contribution is 2.34. The monoisotopic (exact) mass is 397 g/mol. The zero-order valence-electron chi connectivity index (χ0n) is 16.3. The van der Waals surface area contributed by atoms with Gasteiger partial charge in [-0.3, -0.25) is 4.68 Å². The molecule has 0 unspecified atom stereocenters. The Balaban J connectivity index is 1.66. The van der Waals surface area contributed by atoms with Crippen LogP contribution in [0.3, 0.4) is 0 Å². The van der Waals surface area contributed by atoms with Gasteiger partial charge in [-0.25, -0.2) is 9.37 Å². The van der Waals surface area contributed by atoms with Crippen LogP contribution in [-0.4, -0.2) is 27.9 Å². The van der Waals surface area contributed by atoms with Crippen molar-refractivity contribution in [2.75, 3.05) is 13.1 Å². The number of benzene rings is 2. The molecule has 3 heterocycles. The topological polar surface area (TPSA) is 66.5 Å². The number of rotatable bonds is 4. The van der Waals surface area contributed by atoms with Gasteiger partial charge in [0.1, 0.15) is 11.3 Å². The van der Waals surface area contributed by atoms with Crippen molar-refractivity contribution < 1.29 is 4.39 Å². The van der Waals surface area contributed by atoms with E-state index in [4.69, 9.17) is 10.2 Å². The number of fused-ring (bicyclic) bond motifs is 1. The normalized spacial score (nSPS) is 16.1. The van der Waals surface area contributed by atoms with Crippen LogP contribution in [0, 0.1) is 23.1 Å². The molecule has 1 aliphatic rings. The predicted octanol–water partition coefficient (Wildman–Crippen LogP) is 4.39. The molecular weight excluding hydrogens is 377 g/mol. The highest BCUT2D eigenvalue weighted by Gasteiger charge is 2.19. The van der Waals surface area contributed by atoms with Crippen molar-refractivity contribution in [3.05, 3.63) is 72.2 Å². The van der Waals surface area contributed by atoms with Crippen molar-refractivity contribution in [1.29, 1.82) is 5.26 Å². The molecule has 6 heteroatoms. The molecule has 1 N–H and O–H groups in total. The SMILES string of the molecule is N#Cc1ccc(-c2cc3c(cnn3C[C@H]3CCNC3)nc2-c2ccc(F)cc2)cc1. The lowest BCUT2D eigenvalue weighted by molar-refractivity contribution is 0.459. The summed E-state index contributed by atoms with van der Waals surface area (Å²) in [5, 5.41) is 17.1. The Kier molecular flexibility index (Phi) is 4.74. The Hall–Kier alpha value is -3.56. The fraction of sp³-hybridized carbons (Fsp3) is 0.208. The average molecular weight is 397 g/mol. The molecule has 30 heavy (non-hydrogen) atoms. The van der Waals surface area contributed by atoms with Crippen molar-refractivity contribution in [2.24, 2.45) is 5.92 Å². The molecule has 5 nitrogen and oxygen atoms in total. The molecule has 4 aromatic rings. The van der Waals surface area contributed by atoms with Gasteiger partial charge in [0.15, 0.2) is 0 Å². The molecule has 0 saturated carbocycles. The van der Waals surface area contributed by atoms with Crippen LogP contribution < -0.4 is 5.32 Å². The molecule has 5 rings (SSSR count). The standard InChI is InChI=1S/C24H20FN5/c25-20-7-5-19(6-8-20)24-21(18-3-1-16(12-26)2-4-18)11-23-22(29-24)14-28-30(23)15-17-9-10-27-13-17/h1-8,11,14,17,27H,9-10,13,15H2/t17-/m0/s1. The van der Waals surface area contributed by atoms with Crippen LogP contribution in [0.25, 0.3) is 33.4 Å². The van der Waals surface area contributed by atoms with Gasteiger partial charge in [-0.15, -0.1) is 0 Å². The van der Waals surface area contributed by atoms with E-state index in [0.717, 1.165) is 59.5 Å². The van der Waals surface area contributed by atoms with Crippen molar-refractivity contribution in [3.63, 3.8) is 0 Å². The number of hydrogen-bond acceptors (Lipinski definition) is 4. The minimum absolute atomic E-state index is 0.280. The number of pyridine rings is 1. The first-order valence-corrected chi connectivity index (χ1v) is 10.0. The number of aromatic nitrogens is 3. The molecule has 1 fully saturated rings. The first-order valence-electron chi connectivity index (χ1n) is 10.0. The van der Waals surface area contributed by atoms with Crippen molar-refractivity contribution in [3.8, 4) is 28.5 Å². The lowest BCUT2D eigenvalue weighted by Crippen LogP contribution is -2.15. The highest BCUT2D eigenvalue weighted by molar-refractivity contribution is 5.90. The van der Waals surface area contributed by atoms with E-state index in [2.05, 4.69) is 22.6 Å². The number of hydrogen-bond donors (Lipinski definition) is 1. The third-order valence-electron chi connectivity index (χ3n) is 5.66. The minimum atomic E-state index is -0.280. The Morgan fingerprint density at radius 1 is 1.10 bits per heavy atom. The molecule has 0 aliphatic carbocycles. The Bertz CT molecular complexity index is 1230. The summed E-state index contributed by atoms with van der Waals surface area (Å²) in [4.78, 5) is 4.90. The molecule has 1 saturated heterocycles. The number of nitrogens with zero attached hydrogens (tertiary/aromatic N) is 4. The molecule has 1 aliphatic heterocycles. The van der Waals surface area contributed by atoms with Gasteiger partial charge < -0.3 is 5.32 Å². The predicted molar refractivity (Wildman–Crippen MR) is 114 cm³/mol. The van der Waals surface area contributed by atoms with Crippen molar-refractivity contribution >= 4 is 11.0 Å². The first kappa shape index (κ1) is 18.5. The summed E-state index contributed by atoms with van der Waals surface area (Å²) >= 11 is 0. The van der Waals surface area contributed by atoms with Crippen LogP contribution in [0.2, 0.25) is 0 Å². The van der Waals surface area contributed by atoms with E-state index < -0.39 is 0 Å². The molecule has 2 aromatic carbocycles. The van der Waals surface area contributed by atoms with Crippen LogP contribution in [0.15, 0.2) is 60.8 Å². The molecule has 0 radical (unpaired) electrons. The Morgan fingerprint density at radius 3 is 2.57 bits per heavy atom. The summed E-state index contributed by atoms with van der Waals surface area (Å²) in [5.74, 6) is 0.279. The lowest BCUT2D eigenvalue weighted by atomic mass is 9.98. The molecule has 1 atom stereocenters. The number of nitrogens with one attached hydrogen (secondary N) is 1. The van der Waals surface area contributed by atoms with E-state index in [1.807, 2.05) is 16.8 Å². The zero-order valence-corrected chi connectivity index (χ0v) is 16.3. The van der Waals surface area contributed by atoms with E-state index in [0.29, 0.717) is 11.5 Å². The second-order valence-electron chi connectivity index (χ2n) is 7.67. The highest BCUT2D eigenvalue weighted by atomic mass is 19.1. The summed E-state index contributed by atoms with van der Waals surface area (Å²) < 4.78 is 15.5. The maximum Gasteiger partial charge on any atom is 0.123 e. The second kappa shape index (κ2) is 7.69. The van der Waals surface area contributed by atoms with Gasteiger partial charge in [0.05, 0.1) is 29.0 Å². The second-order valence-corrected chi connectivity index (χ2v) is 7.67. The summed E-state index contributed by atoms with van der Waals surface area (Å²) in [6.07, 6.45) is 2.94. The first-order chi connectivity index (χ1) is 14.7. The van der Waals surface area contributed by atoms with Gasteiger partial charge in [-0.2, -0.15) is 10.4 Å². The van der Waals surface area contributed by atoms with Gasteiger partial charge in [0.25, 0.3) is 0 Å². The smallest absolute Gasteiger partial charge is 0.123 e. The quantitative estimate of drug-likeness (QED) is 0.555. The van der Waals surface area contributed by atoms with E-state index in [1.165, 1.54) is 12.1 Å². The third kappa shape index (κ3) is 3.44. The molecular formula is C24H20FN5. The van der Waals surface area contributed by atoms with Gasteiger partial charge in [0.2, 0.25) is 0 Å². The van der Waals surface area contributed by atoms with Crippen LogP contribution >= 0.6 is 0 Å². The van der Waals surface area contributed by atoms with E-state index >= 15 is 0 Å². The minimum Gasteiger partial charge on any atom is -0.316 e. The van der Waals surface area contributed by atoms with Crippen LogP contribution in [-0.2, 0) is 6.54 Å². The molecule has 0 spiro atoms. The fourth-order valence-electron chi connectivity index (χ4n) is 4.04. The largest absolute Gasteiger partial charge is 0.316 e. The van der Waals surface area contributed by atoms with Crippen LogP contribution in [0.1, 0.15) is 12.0 Å². The summed E-state index contributed by atoms with van der Waals surface area (Å²) in [6, 6.07) is 18.1. The Labute approximate surface area is 173 Å². The molecule has 2 aromatic heterocycles. The van der Waals surface area contributed by atoms with E-state index in [9.17, 15) is 4.39 Å². The van der Waals surface area contributed by atoms with Crippen LogP contribution in [0.4, 0.5) is 4.39 Å². The van der Waals surface area contributed by atoms with Gasteiger partial charge >= 0.3 is 0 Å². The van der Waals surface area contributed by atoms with E-state index in [-0.39, 0.29) is 5.82 Å². The fourth-order valence-corrected chi connectivity index (χ4v) is 4.04. The maximum absolute atomic E-state index is 13.5. The number of nitriles is 1. The van der Waals surface area contributed by atoms with Crippen molar-refractivity contribution in [2.45, 2.75) is 13.0 Å². The van der Waals surface area contributed by atoms with E-state index in [1.54, 1.807) is 30.5 Å².